The molecule has 1 aliphatic rings. The van der Waals surface area contributed by atoms with Gasteiger partial charge in [-0.1, -0.05) is 43.0 Å². The highest BCUT2D eigenvalue weighted by Crippen LogP contribution is 2.21. The Labute approximate surface area is 141 Å². The second kappa shape index (κ2) is 7.95. The molecule has 0 atom stereocenters. The van der Waals surface area contributed by atoms with Gasteiger partial charge in [0.05, 0.1) is 5.56 Å². The number of amides is 1. The summed E-state index contributed by atoms with van der Waals surface area (Å²) in [4.78, 5) is 16.7. The van der Waals surface area contributed by atoms with E-state index >= 15 is 0 Å². The highest BCUT2D eigenvalue weighted by molar-refractivity contribution is 5.97. The Morgan fingerprint density at radius 2 is 2.00 bits per heavy atom. The van der Waals surface area contributed by atoms with E-state index < -0.39 is 0 Å². The Kier molecular flexibility index (Phi) is 5.46. The molecular formula is C18H23N3O3. The molecule has 0 aliphatic heterocycles. The fourth-order valence-corrected chi connectivity index (χ4v) is 3.01. The lowest BCUT2D eigenvalue weighted by atomic mass is 10.1. The monoisotopic (exact) mass is 329 g/mol. The van der Waals surface area contributed by atoms with Crippen LogP contribution in [0.5, 0.6) is 5.75 Å². The van der Waals surface area contributed by atoms with Gasteiger partial charge >= 0.3 is 0 Å². The lowest BCUT2D eigenvalue weighted by molar-refractivity contribution is 0.0928. The minimum absolute atomic E-state index is 0.0817. The van der Waals surface area contributed by atoms with E-state index in [1.807, 2.05) is 12.1 Å². The smallest absolute Gasteiger partial charge is 0.255 e. The van der Waals surface area contributed by atoms with Crippen molar-refractivity contribution in [3.05, 3.63) is 41.5 Å². The van der Waals surface area contributed by atoms with Gasteiger partial charge in [0.15, 0.2) is 6.61 Å². The van der Waals surface area contributed by atoms with Crippen molar-refractivity contribution in [2.75, 3.05) is 0 Å². The van der Waals surface area contributed by atoms with E-state index in [9.17, 15) is 4.79 Å². The molecule has 6 heteroatoms. The molecule has 1 fully saturated rings. The van der Waals surface area contributed by atoms with Crippen molar-refractivity contribution in [3.63, 3.8) is 0 Å². The van der Waals surface area contributed by atoms with Gasteiger partial charge in [-0.3, -0.25) is 4.79 Å². The number of nitrogens with zero attached hydrogens (tertiary/aromatic N) is 2. The molecule has 0 radical (unpaired) electrons. The maximum Gasteiger partial charge on any atom is 0.255 e. The summed E-state index contributed by atoms with van der Waals surface area (Å²) in [5, 5.41) is 6.95. The van der Waals surface area contributed by atoms with Crippen LogP contribution in [0.15, 0.2) is 28.8 Å². The second-order valence-corrected chi connectivity index (χ2v) is 6.18. The summed E-state index contributed by atoms with van der Waals surface area (Å²) >= 11 is 0. The minimum Gasteiger partial charge on any atom is -0.485 e. The third-order valence-electron chi connectivity index (χ3n) is 4.25. The first-order valence-electron chi connectivity index (χ1n) is 8.54. The first kappa shape index (κ1) is 16.5. The average Bonchev–Trinajstić information content (AvgIpc) is 2.84. The number of aromatic nitrogens is 2. The van der Waals surface area contributed by atoms with E-state index in [2.05, 4.69) is 15.5 Å². The summed E-state index contributed by atoms with van der Waals surface area (Å²) in [6.45, 7) is 1.90. The van der Waals surface area contributed by atoms with Crippen molar-refractivity contribution in [1.82, 2.24) is 15.5 Å². The number of carbonyl (C=O) groups excluding carboxylic acids is 1. The van der Waals surface area contributed by atoms with E-state index in [0.29, 0.717) is 23.0 Å². The Morgan fingerprint density at radius 1 is 1.25 bits per heavy atom. The van der Waals surface area contributed by atoms with Crippen molar-refractivity contribution in [1.29, 1.82) is 0 Å². The number of nitrogens with one attached hydrogen (secondary N) is 1. The first-order valence-corrected chi connectivity index (χ1v) is 8.54. The predicted molar refractivity (Wildman–Crippen MR) is 88.8 cm³/mol. The van der Waals surface area contributed by atoms with Gasteiger partial charge in [-0.15, -0.1) is 0 Å². The molecule has 128 valence electrons. The molecule has 0 bridgehead atoms. The quantitative estimate of drug-likeness (QED) is 0.851. The Balaban J connectivity index is 1.65. The van der Waals surface area contributed by atoms with Gasteiger partial charge in [0.25, 0.3) is 5.91 Å². The molecular weight excluding hydrogens is 306 g/mol. The number of rotatable bonds is 5. The number of benzene rings is 1. The largest absolute Gasteiger partial charge is 0.485 e. The van der Waals surface area contributed by atoms with Crippen LogP contribution < -0.4 is 10.1 Å². The molecule has 0 unspecified atom stereocenters. The van der Waals surface area contributed by atoms with E-state index in [4.69, 9.17) is 9.26 Å². The van der Waals surface area contributed by atoms with Gasteiger partial charge in [-0.25, -0.2) is 0 Å². The normalized spacial score (nSPS) is 15.7. The van der Waals surface area contributed by atoms with E-state index in [0.717, 1.165) is 12.8 Å². The first-order chi connectivity index (χ1) is 11.7. The van der Waals surface area contributed by atoms with Crippen molar-refractivity contribution in [2.24, 2.45) is 0 Å². The zero-order valence-electron chi connectivity index (χ0n) is 14.0. The van der Waals surface area contributed by atoms with E-state index in [1.54, 1.807) is 19.1 Å². The standard InChI is InChI=1S/C18H23N3O3/c1-13-19-17(21-24-13)12-23-16-11-7-6-10-15(16)18(22)20-14-8-4-2-3-5-9-14/h6-7,10-11,14H,2-5,8-9,12H2,1H3,(H,20,22). The summed E-state index contributed by atoms with van der Waals surface area (Å²) in [5.41, 5.74) is 0.543. The van der Waals surface area contributed by atoms with Crippen molar-refractivity contribution in [2.45, 2.75) is 58.1 Å². The summed E-state index contributed by atoms with van der Waals surface area (Å²) < 4.78 is 10.6. The van der Waals surface area contributed by atoms with Crippen LogP contribution in [0.4, 0.5) is 0 Å². The van der Waals surface area contributed by atoms with Crippen molar-refractivity contribution < 1.29 is 14.1 Å². The number of hydrogen-bond donors (Lipinski definition) is 1. The molecule has 2 aromatic rings. The summed E-state index contributed by atoms with van der Waals surface area (Å²) in [5.74, 6) is 1.41. The maximum atomic E-state index is 12.6. The second-order valence-electron chi connectivity index (χ2n) is 6.18. The van der Waals surface area contributed by atoms with E-state index in [-0.39, 0.29) is 18.6 Å². The van der Waals surface area contributed by atoms with Gasteiger partial charge in [0, 0.05) is 13.0 Å². The minimum atomic E-state index is -0.0817. The molecule has 1 heterocycles. The maximum absolute atomic E-state index is 12.6. The van der Waals surface area contributed by atoms with Gasteiger partial charge in [-0.2, -0.15) is 4.98 Å². The molecule has 1 saturated carbocycles. The van der Waals surface area contributed by atoms with Crippen LogP contribution in [0, 0.1) is 6.92 Å². The van der Waals surface area contributed by atoms with Gasteiger partial charge in [-0.05, 0) is 25.0 Å². The lowest BCUT2D eigenvalue weighted by Gasteiger charge is -2.17. The number of hydrogen-bond acceptors (Lipinski definition) is 5. The highest BCUT2D eigenvalue weighted by Gasteiger charge is 2.18. The molecule has 1 aliphatic carbocycles. The fourth-order valence-electron chi connectivity index (χ4n) is 3.01. The zero-order chi connectivity index (χ0) is 16.8. The SMILES string of the molecule is Cc1nc(COc2ccccc2C(=O)NC2CCCCCC2)no1. The Bertz CT molecular complexity index is 676. The van der Waals surface area contributed by atoms with E-state index in [1.165, 1.54) is 25.7 Å². The molecule has 0 spiro atoms. The molecule has 24 heavy (non-hydrogen) atoms. The fraction of sp³-hybridized carbons (Fsp3) is 0.500. The Morgan fingerprint density at radius 3 is 2.71 bits per heavy atom. The van der Waals surface area contributed by atoms with Crippen LogP contribution >= 0.6 is 0 Å². The molecule has 1 aromatic carbocycles. The number of para-hydroxylation sites is 1. The lowest BCUT2D eigenvalue weighted by Crippen LogP contribution is -2.34. The highest BCUT2D eigenvalue weighted by atomic mass is 16.5. The zero-order valence-corrected chi connectivity index (χ0v) is 14.0. The van der Waals surface area contributed by atoms with Crippen LogP contribution in [0.25, 0.3) is 0 Å². The average molecular weight is 329 g/mol. The van der Waals surface area contributed by atoms with Crippen LogP contribution in [0.2, 0.25) is 0 Å². The third-order valence-corrected chi connectivity index (χ3v) is 4.25. The van der Waals surface area contributed by atoms with Gasteiger partial charge in [0.2, 0.25) is 11.7 Å². The van der Waals surface area contributed by atoms with Crippen LogP contribution in [0.1, 0.15) is 60.6 Å². The molecule has 6 nitrogen and oxygen atoms in total. The summed E-state index contributed by atoms with van der Waals surface area (Å²) in [7, 11) is 0. The van der Waals surface area contributed by atoms with Crippen LogP contribution in [0.3, 0.4) is 0 Å². The number of ether oxygens (including phenoxy) is 1. The summed E-state index contributed by atoms with van der Waals surface area (Å²) in [6.07, 6.45) is 6.99. The molecule has 1 amide bonds. The molecule has 3 rings (SSSR count). The Hall–Kier alpha value is -2.37. The topological polar surface area (TPSA) is 77.2 Å². The number of aryl methyl sites for hydroxylation is 1. The predicted octanol–water partition coefficient (Wildman–Crippen LogP) is 3.41. The van der Waals surface area contributed by atoms with Gasteiger partial charge in [0.1, 0.15) is 5.75 Å². The van der Waals surface area contributed by atoms with Gasteiger partial charge < -0.3 is 14.6 Å². The third kappa shape index (κ3) is 4.34. The molecule has 1 aromatic heterocycles. The van der Waals surface area contributed by atoms with Crippen LogP contribution in [-0.4, -0.2) is 22.1 Å². The van der Waals surface area contributed by atoms with Crippen molar-refractivity contribution in [3.8, 4) is 5.75 Å². The van der Waals surface area contributed by atoms with Crippen LogP contribution in [-0.2, 0) is 6.61 Å². The van der Waals surface area contributed by atoms with Crippen molar-refractivity contribution >= 4 is 5.91 Å². The number of carbonyl (C=O) groups is 1. The summed E-state index contributed by atoms with van der Waals surface area (Å²) in [6, 6.07) is 7.51. The molecule has 0 saturated heterocycles. The molecule has 1 N–H and O–H groups in total.